The topological polar surface area (TPSA) is 49.0 Å². The molecule has 0 saturated carbocycles. The minimum atomic E-state index is -2.89. The number of rotatable bonds is 6. The molecule has 0 aromatic heterocycles. The Hall–Kier alpha value is -1.86. The van der Waals surface area contributed by atoms with E-state index in [0.29, 0.717) is 19.8 Å². The maximum atomic E-state index is 12.5. The summed E-state index contributed by atoms with van der Waals surface area (Å²) in [7, 11) is 0. The van der Waals surface area contributed by atoms with Crippen molar-refractivity contribution in [3.63, 3.8) is 0 Å². The maximum Gasteiger partial charge on any atom is 0.387 e. The highest BCUT2D eigenvalue weighted by molar-refractivity contribution is 5.68. The lowest BCUT2D eigenvalue weighted by Crippen LogP contribution is -2.29. The molecule has 0 aliphatic carbocycles. The van der Waals surface area contributed by atoms with Crippen molar-refractivity contribution in [2.75, 3.05) is 19.8 Å². The molecule has 1 saturated heterocycles. The number of alkyl halides is 2. The number of ether oxygens (including phenoxy) is 3. The van der Waals surface area contributed by atoms with Crippen LogP contribution in [0.2, 0.25) is 0 Å². The molecular weight excluding hydrogens is 308 g/mol. The van der Waals surface area contributed by atoms with Gasteiger partial charge < -0.3 is 14.2 Å². The molecule has 1 N–H and O–H groups in total. The van der Waals surface area contributed by atoms with Crippen LogP contribution in [0.5, 0.6) is 11.5 Å². The Morgan fingerprint density at radius 3 is 2.91 bits per heavy atom. The molecule has 1 fully saturated rings. The lowest BCUT2D eigenvalue weighted by Gasteiger charge is -2.15. The molecule has 0 radical (unpaired) electrons. The predicted molar refractivity (Wildman–Crippen MR) is 79.2 cm³/mol. The molecular formula is C16H19F2NO4. The third-order valence-corrected chi connectivity index (χ3v) is 3.72. The molecule has 1 spiro atoms. The van der Waals surface area contributed by atoms with E-state index in [1.165, 1.54) is 6.07 Å². The van der Waals surface area contributed by atoms with E-state index in [-0.39, 0.29) is 11.5 Å². The molecule has 2 aliphatic rings. The van der Waals surface area contributed by atoms with Gasteiger partial charge in [-0.15, -0.1) is 0 Å². The van der Waals surface area contributed by atoms with Gasteiger partial charge in [-0.05, 0) is 30.7 Å². The summed E-state index contributed by atoms with van der Waals surface area (Å²) in [6.07, 6.45) is 3.50. The van der Waals surface area contributed by atoms with Crippen LogP contribution in [0.4, 0.5) is 8.78 Å². The first-order chi connectivity index (χ1) is 11.1. The summed E-state index contributed by atoms with van der Waals surface area (Å²) >= 11 is 0. The molecule has 2 heterocycles. The van der Waals surface area contributed by atoms with E-state index in [9.17, 15) is 8.78 Å². The molecule has 7 heteroatoms. The first-order valence-corrected chi connectivity index (χ1v) is 7.58. The van der Waals surface area contributed by atoms with E-state index in [4.69, 9.17) is 14.3 Å². The molecule has 126 valence electrons. The van der Waals surface area contributed by atoms with Gasteiger partial charge in [0, 0.05) is 18.6 Å². The van der Waals surface area contributed by atoms with Gasteiger partial charge >= 0.3 is 6.61 Å². The van der Waals surface area contributed by atoms with Crippen LogP contribution >= 0.6 is 0 Å². The van der Waals surface area contributed by atoms with E-state index in [1.54, 1.807) is 12.1 Å². The van der Waals surface area contributed by atoms with Gasteiger partial charge in [0.1, 0.15) is 5.60 Å². The van der Waals surface area contributed by atoms with Gasteiger partial charge in [-0.2, -0.15) is 8.78 Å². The van der Waals surface area contributed by atoms with E-state index >= 15 is 0 Å². The van der Waals surface area contributed by atoms with Crippen molar-refractivity contribution >= 4 is 5.70 Å². The maximum absolute atomic E-state index is 12.5. The number of halogens is 2. The third-order valence-electron chi connectivity index (χ3n) is 3.72. The van der Waals surface area contributed by atoms with Gasteiger partial charge in [0.05, 0.1) is 18.9 Å². The van der Waals surface area contributed by atoms with Crippen molar-refractivity contribution in [1.82, 2.24) is 5.48 Å². The molecule has 1 aromatic carbocycles. The summed E-state index contributed by atoms with van der Waals surface area (Å²) < 4.78 is 40.4. The second kappa shape index (κ2) is 6.72. The quantitative estimate of drug-likeness (QED) is 0.870. The first kappa shape index (κ1) is 16.0. The number of hydrogen-bond acceptors (Lipinski definition) is 5. The molecule has 1 unspecified atom stereocenters. The summed E-state index contributed by atoms with van der Waals surface area (Å²) in [6.45, 7) is 0.614. The van der Waals surface area contributed by atoms with E-state index < -0.39 is 12.2 Å². The van der Waals surface area contributed by atoms with Crippen LogP contribution in [-0.2, 0) is 9.57 Å². The van der Waals surface area contributed by atoms with Crippen LogP contribution in [0.15, 0.2) is 24.3 Å². The second-order valence-corrected chi connectivity index (χ2v) is 5.52. The molecule has 1 aromatic rings. The zero-order valence-corrected chi connectivity index (χ0v) is 12.8. The summed E-state index contributed by atoms with van der Waals surface area (Å²) in [4.78, 5) is 5.62. The Kier molecular flexibility index (Phi) is 4.68. The average Bonchev–Trinajstić information content (AvgIpc) is 3.16. The molecule has 0 bridgehead atoms. The van der Waals surface area contributed by atoms with Crippen LogP contribution in [0.3, 0.4) is 0 Å². The summed E-state index contributed by atoms with van der Waals surface area (Å²) in [5.74, 6) is 0.312. The number of nitrogens with one attached hydrogen (secondary N) is 1. The molecule has 2 aliphatic heterocycles. The van der Waals surface area contributed by atoms with Gasteiger partial charge in [-0.25, -0.2) is 0 Å². The molecule has 3 rings (SSSR count). The van der Waals surface area contributed by atoms with Crippen molar-refractivity contribution in [3.05, 3.63) is 29.8 Å². The largest absolute Gasteiger partial charge is 0.490 e. The monoisotopic (exact) mass is 327 g/mol. The van der Waals surface area contributed by atoms with Gasteiger partial charge in [0.25, 0.3) is 0 Å². The Balaban J connectivity index is 1.85. The smallest absolute Gasteiger partial charge is 0.387 e. The van der Waals surface area contributed by atoms with Crippen LogP contribution in [0.1, 0.15) is 25.3 Å². The molecule has 5 nitrogen and oxygen atoms in total. The van der Waals surface area contributed by atoms with Crippen LogP contribution in [-0.4, -0.2) is 32.0 Å². The fourth-order valence-corrected chi connectivity index (χ4v) is 2.57. The Morgan fingerprint density at radius 2 is 2.22 bits per heavy atom. The van der Waals surface area contributed by atoms with Crippen molar-refractivity contribution in [2.45, 2.75) is 32.0 Å². The summed E-state index contributed by atoms with van der Waals surface area (Å²) in [6, 6.07) is 4.84. The van der Waals surface area contributed by atoms with Crippen molar-refractivity contribution in [2.24, 2.45) is 0 Å². The summed E-state index contributed by atoms with van der Waals surface area (Å²) in [5, 5.41) is 0. The van der Waals surface area contributed by atoms with E-state index in [2.05, 4.69) is 10.2 Å². The Morgan fingerprint density at radius 1 is 1.35 bits per heavy atom. The summed E-state index contributed by atoms with van der Waals surface area (Å²) in [5.41, 5.74) is 3.98. The number of benzene rings is 1. The minimum absolute atomic E-state index is 0.0237. The lowest BCUT2D eigenvalue weighted by molar-refractivity contribution is -0.0515. The highest BCUT2D eigenvalue weighted by Crippen LogP contribution is 2.36. The Bertz CT molecular complexity index is 585. The normalized spacial score (nSPS) is 23.2. The van der Waals surface area contributed by atoms with Crippen molar-refractivity contribution in [3.8, 4) is 11.5 Å². The standard InChI is InChI=1S/C16H19F2NO4/c1-2-6-21-14-8-11(3-4-13(14)22-15(17)18)12-9-16(23-19-12)5-7-20-10-16/h3-4,8-9,15,19H,2,5-7,10H2,1H3. The lowest BCUT2D eigenvalue weighted by atomic mass is 10.0. The zero-order valence-electron chi connectivity index (χ0n) is 12.8. The molecule has 23 heavy (non-hydrogen) atoms. The molecule has 1 atom stereocenters. The van der Waals surface area contributed by atoms with Gasteiger partial charge in [0.2, 0.25) is 0 Å². The van der Waals surface area contributed by atoms with E-state index in [0.717, 1.165) is 24.1 Å². The van der Waals surface area contributed by atoms with Gasteiger partial charge in [-0.3, -0.25) is 10.3 Å². The van der Waals surface area contributed by atoms with Crippen molar-refractivity contribution in [1.29, 1.82) is 0 Å². The van der Waals surface area contributed by atoms with Crippen LogP contribution in [0, 0.1) is 0 Å². The average molecular weight is 327 g/mol. The van der Waals surface area contributed by atoms with Gasteiger partial charge in [-0.1, -0.05) is 6.92 Å². The highest BCUT2D eigenvalue weighted by Gasteiger charge is 2.39. The SMILES string of the molecule is CCCOc1cc(C2=CC3(CCOC3)ON2)ccc1OC(F)F. The van der Waals surface area contributed by atoms with Crippen LogP contribution < -0.4 is 15.0 Å². The Labute approximate surface area is 133 Å². The van der Waals surface area contributed by atoms with Crippen molar-refractivity contribution < 1.29 is 27.8 Å². The minimum Gasteiger partial charge on any atom is -0.490 e. The van der Waals surface area contributed by atoms with E-state index in [1.807, 2.05) is 13.0 Å². The zero-order chi connectivity index (χ0) is 16.3. The number of hydrogen-bond donors (Lipinski definition) is 1. The third kappa shape index (κ3) is 3.56. The van der Waals surface area contributed by atoms with Gasteiger partial charge in [0.15, 0.2) is 11.5 Å². The fraction of sp³-hybridized carbons (Fsp3) is 0.500. The predicted octanol–water partition coefficient (Wildman–Crippen LogP) is 3.11. The first-order valence-electron chi connectivity index (χ1n) is 7.58. The highest BCUT2D eigenvalue weighted by atomic mass is 19.3. The van der Waals surface area contributed by atoms with Crippen LogP contribution in [0.25, 0.3) is 5.70 Å². The second-order valence-electron chi connectivity index (χ2n) is 5.52. The number of hydroxylamine groups is 1. The fourth-order valence-electron chi connectivity index (χ4n) is 2.57. The molecule has 0 amide bonds.